The van der Waals surface area contributed by atoms with Gasteiger partial charge in [-0.3, -0.25) is 14.2 Å². The molecule has 2 heterocycles. The smallest absolute Gasteiger partial charge is 0.276 e. The van der Waals surface area contributed by atoms with Crippen molar-refractivity contribution in [2.75, 3.05) is 5.32 Å². The number of amides is 1. The summed E-state index contributed by atoms with van der Waals surface area (Å²) in [6.07, 6.45) is 1.65. The quantitative estimate of drug-likeness (QED) is 0.792. The molecule has 0 aliphatic carbocycles. The first kappa shape index (κ1) is 15.0. The van der Waals surface area contributed by atoms with Crippen molar-refractivity contribution in [2.24, 2.45) is 7.05 Å². The van der Waals surface area contributed by atoms with Crippen LogP contribution in [0.5, 0.6) is 0 Å². The Labute approximate surface area is 133 Å². The fourth-order valence-corrected chi connectivity index (χ4v) is 2.76. The molecule has 5 nitrogen and oxygen atoms in total. The summed E-state index contributed by atoms with van der Waals surface area (Å²) in [6.45, 7) is 3.38. The van der Waals surface area contributed by atoms with E-state index in [1.54, 1.807) is 13.2 Å². The number of fused-ring (bicyclic) bond motifs is 1. The molecule has 0 atom stereocenters. The number of hydrogen-bond donors (Lipinski definition) is 1. The van der Waals surface area contributed by atoms with Gasteiger partial charge in [0, 0.05) is 31.1 Å². The second kappa shape index (κ2) is 5.68. The minimum Gasteiger partial charge on any atom is -0.321 e. The maximum Gasteiger partial charge on any atom is 0.276 e. The molecule has 3 aromatic rings. The van der Waals surface area contributed by atoms with Crippen molar-refractivity contribution in [2.45, 2.75) is 13.8 Å². The van der Waals surface area contributed by atoms with Crippen molar-refractivity contribution in [3.8, 4) is 11.1 Å². The zero-order chi connectivity index (χ0) is 16.6. The van der Waals surface area contributed by atoms with E-state index in [4.69, 9.17) is 0 Å². The molecule has 116 valence electrons. The van der Waals surface area contributed by atoms with Crippen molar-refractivity contribution < 1.29 is 4.79 Å². The van der Waals surface area contributed by atoms with E-state index in [2.05, 4.69) is 10.3 Å². The van der Waals surface area contributed by atoms with Crippen LogP contribution in [0.1, 0.15) is 12.5 Å². The lowest BCUT2D eigenvalue weighted by atomic mass is 9.99. The molecule has 0 bridgehead atoms. The number of nitrogens with one attached hydrogen (secondary N) is 1. The molecule has 1 amide bonds. The average Bonchev–Trinajstić information content (AvgIpc) is 2.52. The molecule has 0 saturated heterocycles. The first-order chi connectivity index (χ1) is 11.0. The van der Waals surface area contributed by atoms with Crippen molar-refractivity contribution in [3.63, 3.8) is 0 Å². The van der Waals surface area contributed by atoms with Crippen molar-refractivity contribution in [1.29, 1.82) is 0 Å². The summed E-state index contributed by atoms with van der Waals surface area (Å²) in [7, 11) is 1.66. The van der Waals surface area contributed by atoms with Gasteiger partial charge in [-0.1, -0.05) is 29.8 Å². The molecule has 5 heteroatoms. The number of nitrogens with zero attached hydrogens (tertiary/aromatic N) is 2. The minimum atomic E-state index is -0.278. The molecule has 0 aliphatic rings. The SMILES string of the molecule is CC(=O)Nc1c(-c2cccc(C)c2)c2cccnc2n(C)c1=O. The molecule has 23 heavy (non-hydrogen) atoms. The number of rotatable bonds is 2. The average molecular weight is 307 g/mol. The van der Waals surface area contributed by atoms with E-state index >= 15 is 0 Å². The Morgan fingerprint density at radius 1 is 1.22 bits per heavy atom. The van der Waals surface area contributed by atoms with Gasteiger partial charge in [0.1, 0.15) is 11.3 Å². The number of carbonyl (C=O) groups is 1. The molecule has 0 radical (unpaired) electrons. The maximum atomic E-state index is 12.7. The summed E-state index contributed by atoms with van der Waals surface area (Å²) in [5.41, 5.74) is 3.26. The molecule has 0 aliphatic heterocycles. The summed E-state index contributed by atoms with van der Waals surface area (Å²) in [5, 5.41) is 3.52. The van der Waals surface area contributed by atoms with Gasteiger partial charge in [0.05, 0.1) is 0 Å². The molecule has 2 aromatic heterocycles. The normalized spacial score (nSPS) is 10.7. The van der Waals surface area contributed by atoms with Crippen LogP contribution in [0.4, 0.5) is 5.69 Å². The van der Waals surface area contributed by atoms with Gasteiger partial charge in [0.15, 0.2) is 0 Å². The number of aryl methyl sites for hydroxylation is 2. The van der Waals surface area contributed by atoms with E-state index in [9.17, 15) is 9.59 Å². The Morgan fingerprint density at radius 2 is 2.00 bits per heavy atom. The Bertz CT molecular complexity index is 974. The fourth-order valence-electron chi connectivity index (χ4n) is 2.76. The van der Waals surface area contributed by atoms with Crippen LogP contribution in [0.2, 0.25) is 0 Å². The number of aromatic nitrogens is 2. The topological polar surface area (TPSA) is 64.0 Å². The van der Waals surface area contributed by atoms with Gasteiger partial charge >= 0.3 is 0 Å². The largest absolute Gasteiger partial charge is 0.321 e. The standard InChI is InChI=1S/C18H17N3O2/c1-11-6-4-7-13(10-11)15-14-8-5-9-19-17(14)21(3)18(23)16(15)20-12(2)22/h4-10H,1-3H3,(H,20,22). The summed E-state index contributed by atoms with van der Waals surface area (Å²) < 4.78 is 1.46. The predicted molar refractivity (Wildman–Crippen MR) is 91.5 cm³/mol. The second-order valence-electron chi connectivity index (χ2n) is 5.54. The highest BCUT2D eigenvalue weighted by Crippen LogP contribution is 2.32. The van der Waals surface area contributed by atoms with E-state index in [-0.39, 0.29) is 17.2 Å². The summed E-state index contributed by atoms with van der Waals surface area (Å²) in [4.78, 5) is 28.6. The molecule has 0 fully saturated rings. The van der Waals surface area contributed by atoms with Crippen molar-refractivity contribution >= 4 is 22.6 Å². The highest BCUT2D eigenvalue weighted by Gasteiger charge is 2.18. The van der Waals surface area contributed by atoms with Gasteiger partial charge in [-0.15, -0.1) is 0 Å². The number of carbonyl (C=O) groups excluding carboxylic acids is 1. The number of anilines is 1. The van der Waals surface area contributed by atoms with Crippen LogP contribution in [-0.2, 0) is 11.8 Å². The Hall–Kier alpha value is -2.95. The number of benzene rings is 1. The van der Waals surface area contributed by atoms with Crippen LogP contribution in [0.3, 0.4) is 0 Å². The lowest BCUT2D eigenvalue weighted by Crippen LogP contribution is -2.25. The first-order valence-corrected chi connectivity index (χ1v) is 7.31. The highest BCUT2D eigenvalue weighted by molar-refractivity contribution is 6.03. The Kier molecular flexibility index (Phi) is 3.70. The molecular weight excluding hydrogens is 290 g/mol. The van der Waals surface area contributed by atoms with Crippen molar-refractivity contribution in [1.82, 2.24) is 9.55 Å². The van der Waals surface area contributed by atoms with E-state index in [1.165, 1.54) is 11.5 Å². The van der Waals surface area contributed by atoms with Crippen molar-refractivity contribution in [3.05, 3.63) is 58.5 Å². The summed E-state index contributed by atoms with van der Waals surface area (Å²) >= 11 is 0. The predicted octanol–water partition coefficient (Wildman–Crippen LogP) is 2.87. The summed E-state index contributed by atoms with van der Waals surface area (Å²) in [6, 6.07) is 11.6. The molecule has 3 rings (SSSR count). The molecule has 1 aromatic carbocycles. The third-order valence-corrected chi connectivity index (χ3v) is 3.75. The molecule has 1 N–H and O–H groups in total. The van der Waals surface area contributed by atoms with E-state index in [0.717, 1.165) is 16.5 Å². The van der Waals surface area contributed by atoms with Gasteiger partial charge in [0.25, 0.3) is 5.56 Å². The van der Waals surface area contributed by atoms with E-state index in [1.807, 2.05) is 43.3 Å². The molecular formula is C18H17N3O2. The van der Waals surface area contributed by atoms with Crippen LogP contribution in [-0.4, -0.2) is 15.5 Å². The number of hydrogen-bond acceptors (Lipinski definition) is 3. The van der Waals surface area contributed by atoms with Gasteiger partial charge in [0.2, 0.25) is 5.91 Å². The van der Waals surface area contributed by atoms with Crippen LogP contribution in [0.15, 0.2) is 47.4 Å². The molecule has 0 spiro atoms. The fraction of sp³-hybridized carbons (Fsp3) is 0.167. The van der Waals surface area contributed by atoms with Gasteiger partial charge in [-0.2, -0.15) is 0 Å². The Morgan fingerprint density at radius 3 is 2.70 bits per heavy atom. The zero-order valence-electron chi connectivity index (χ0n) is 13.3. The highest BCUT2D eigenvalue weighted by atomic mass is 16.2. The lowest BCUT2D eigenvalue weighted by Gasteiger charge is -2.15. The van der Waals surface area contributed by atoms with Crippen LogP contribution in [0, 0.1) is 6.92 Å². The zero-order valence-corrected chi connectivity index (χ0v) is 13.3. The van der Waals surface area contributed by atoms with Gasteiger partial charge in [-0.05, 0) is 24.6 Å². The number of pyridine rings is 2. The molecule has 0 unspecified atom stereocenters. The third kappa shape index (κ3) is 2.61. The lowest BCUT2D eigenvalue weighted by molar-refractivity contribution is -0.114. The van der Waals surface area contributed by atoms with Gasteiger partial charge < -0.3 is 5.32 Å². The molecule has 0 saturated carbocycles. The van der Waals surface area contributed by atoms with Crippen LogP contribution < -0.4 is 10.9 Å². The third-order valence-electron chi connectivity index (χ3n) is 3.75. The van der Waals surface area contributed by atoms with Crippen LogP contribution >= 0.6 is 0 Å². The second-order valence-corrected chi connectivity index (χ2v) is 5.54. The maximum absolute atomic E-state index is 12.7. The minimum absolute atomic E-state index is 0.275. The van der Waals surface area contributed by atoms with E-state index < -0.39 is 0 Å². The monoisotopic (exact) mass is 307 g/mol. The van der Waals surface area contributed by atoms with E-state index in [0.29, 0.717) is 11.2 Å². The first-order valence-electron chi connectivity index (χ1n) is 7.31. The van der Waals surface area contributed by atoms with Gasteiger partial charge in [-0.25, -0.2) is 4.98 Å². The Balaban J connectivity index is 2.48. The van der Waals surface area contributed by atoms with Crippen LogP contribution in [0.25, 0.3) is 22.2 Å². The summed E-state index contributed by atoms with van der Waals surface area (Å²) in [5.74, 6) is -0.278.